The van der Waals surface area contributed by atoms with Crippen LogP contribution in [0.3, 0.4) is 0 Å². The molecule has 0 atom stereocenters. The zero-order chi connectivity index (χ0) is 8.69. The van der Waals surface area contributed by atoms with E-state index in [1.807, 2.05) is 0 Å². The van der Waals surface area contributed by atoms with Gasteiger partial charge in [0.2, 0.25) is 0 Å². The van der Waals surface area contributed by atoms with Crippen molar-refractivity contribution in [3.8, 4) is 0 Å². The van der Waals surface area contributed by atoms with Gasteiger partial charge in [0.15, 0.2) is 0 Å². The summed E-state index contributed by atoms with van der Waals surface area (Å²) in [6.07, 6.45) is 0.754. The van der Waals surface area contributed by atoms with Crippen molar-refractivity contribution in [1.82, 2.24) is 0 Å². The molecule has 0 aliphatic carbocycles. The number of esters is 1. The van der Waals surface area contributed by atoms with Crippen molar-refractivity contribution in [2.75, 3.05) is 11.9 Å². The second kappa shape index (κ2) is 6.07. The first kappa shape index (κ1) is 10.3. The SMILES string of the molecule is CC(=[N+]=[N-])C(=O)OCCCBr. The number of ether oxygens (including phenoxy) is 1. The van der Waals surface area contributed by atoms with Crippen LogP contribution in [-0.4, -0.2) is 28.4 Å². The molecule has 0 unspecified atom stereocenters. The Hall–Kier alpha value is -0.670. The Balaban J connectivity index is 3.62. The molecule has 0 rings (SSSR count). The molecule has 0 saturated heterocycles. The standard InChI is InChI=1S/C6H9BrN2O2/c1-5(9-8)6(10)11-4-2-3-7/h2-4H2,1H3. The van der Waals surface area contributed by atoms with Crippen molar-refractivity contribution >= 4 is 27.6 Å². The highest BCUT2D eigenvalue weighted by Crippen LogP contribution is 1.89. The van der Waals surface area contributed by atoms with E-state index >= 15 is 0 Å². The van der Waals surface area contributed by atoms with Gasteiger partial charge in [-0.25, -0.2) is 4.79 Å². The lowest BCUT2D eigenvalue weighted by Gasteiger charge is -1.96. The molecule has 0 heterocycles. The zero-order valence-corrected chi connectivity index (χ0v) is 7.80. The molecule has 0 aliphatic heterocycles. The lowest BCUT2D eigenvalue weighted by atomic mass is 10.4. The molecule has 0 saturated carbocycles. The van der Waals surface area contributed by atoms with Crippen LogP contribution in [0.25, 0.3) is 5.53 Å². The number of halogens is 1. The molecule has 5 heteroatoms. The Morgan fingerprint density at radius 3 is 2.82 bits per heavy atom. The molecule has 0 amide bonds. The van der Waals surface area contributed by atoms with Gasteiger partial charge in [-0.1, -0.05) is 15.9 Å². The summed E-state index contributed by atoms with van der Waals surface area (Å²) in [7, 11) is 0. The van der Waals surface area contributed by atoms with Crippen molar-refractivity contribution in [3.63, 3.8) is 0 Å². The maximum Gasteiger partial charge on any atom is 0.416 e. The van der Waals surface area contributed by atoms with E-state index in [9.17, 15) is 4.79 Å². The summed E-state index contributed by atoms with van der Waals surface area (Å²) < 4.78 is 4.68. The third kappa shape index (κ3) is 4.70. The van der Waals surface area contributed by atoms with Crippen LogP contribution in [0.4, 0.5) is 0 Å². The largest absolute Gasteiger partial charge is 0.457 e. The van der Waals surface area contributed by atoms with Crippen LogP contribution in [0.1, 0.15) is 13.3 Å². The van der Waals surface area contributed by atoms with Crippen molar-refractivity contribution < 1.29 is 14.3 Å². The highest BCUT2D eigenvalue weighted by molar-refractivity contribution is 9.09. The predicted octanol–water partition coefficient (Wildman–Crippen LogP) is 1.01. The fraction of sp³-hybridized carbons (Fsp3) is 0.667. The van der Waals surface area contributed by atoms with Gasteiger partial charge in [-0.3, -0.25) is 0 Å². The van der Waals surface area contributed by atoms with E-state index in [-0.39, 0.29) is 5.71 Å². The van der Waals surface area contributed by atoms with Crippen molar-refractivity contribution in [2.45, 2.75) is 13.3 Å². The monoisotopic (exact) mass is 220 g/mol. The van der Waals surface area contributed by atoms with E-state index in [2.05, 4.69) is 25.5 Å². The number of alkyl halides is 1. The van der Waals surface area contributed by atoms with Crippen LogP contribution >= 0.6 is 15.9 Å². The summed E-state index contributed by atoms with van der Waals surface area (Å²) in [6, 6.07) is 0. The van der Waals surface area contributed by atoms with Gasteiger partial charge in [-0.05, 0) is 6.42 Å². The highest BCUT2D eigenvalue weighted by atomic mass is 79.9. The van der Waals surface area contributed by atoms with Gasteiger partial charge >= 0.3 is 11.7 Å². The molecule has 0 radical (unpaired) electrons. The molecular formula is C6H9BrN2O2. The average Bonchev–Trinajstić information content (AvgIpc) is 2.03. The molecule has 0 aromatic carbocycles. The summed E-state index contributed by atoms with van der Waals surface area (Å²) in [5, 5.41) is 0.787. The Labute approximate surface area is 73.3 Å². The molecule has 11 heavy (non-hydrogen) atoms. The van der Waals surface area contributed by atoms with Gasteiger partial charge < -0.3 is 10.3 Å². The minimum Gasteiger partial charge on any atom is -0.457 e. The van der Waals surface area contributed by atoms with Crippen molar-refractivity contribution in [3.05, 3.63) is 5.53 Å². The van der Waals surface area contributed by atoms with Gasteiger partial charge in [0.1, 0.15) is 0 Å². The average molecular weight is 221 g/mol. The van der Waals surface area contributed by atoms with Gasteiger partial charge in [-0.15, -0.1) is 0 Å². The smallest absolute Gasteiger partial charge is 0.416 e. The minimum atomic E-state index is -0.576. The van der Waals surface area contributed by atoms with Crippen molar-refractivity contribution in [2.24, 2.45) is 0 Å². The van der Waals surface area contributed by atoms with Crippen LogP contribution < -0.4 is 0 Å². The van der Waals surface area contributed by atoms with Gasteiger partial charge in [-0.2, -0.15) is 4.79 Å². The normalized spacial score (nSPS) is 8.55. The van der Waals surface area contributed by atoms with Gasteiger partial charge in [0, 0.05) is 12.3 Å². The molecule has 0 aromatic heterocycles. The molecule has 0 aliphatic rings. The first-order valence-electron chi connectivity index (χ1n) is 3.14. The number of hydrogen-bond acceptors (Lipinski definition) is 2. The molecule has 0 spiro atoms. The molecule has 0 aromatic rings. The number of nitrogens with zero attached hydrogens (tertiary/aromatic N) is 2. The van der Waals surface area contributed by atoms with Gasteiger partial charge in [0.05, 0.1) is 6.61 Å². The highest BCUT2D eigenvalue weighted by Gasteiger charge is 2.13. The maximum atomic E-state index is 10.7. The van der Waals surface area contributed by atoms with E-state index in [4.69, 9.17) is 5.53 Å². The Kier molecular flexibility index (Phi) is 5.70. The lowest BCUT2D eigenvalue weighted by molar-refractivity contribution is -0.140. The van der Waals surface area contributed by atoms with E-state index in [1.165, 1.54) is 6.92 Å². The Morgan fingerprint density at radius 1 is 1.73 bits per heavy atom. The second-order valence-corrected chi connectivity index (χ2v) is 2.66. The number of carbonyl (C=O) groups excluding carboxylic acids is 1. The van der Waals surface area contributed by atoms with E-state index in [0.717, 1.165) is 11.8 Å². The zero-order valence-electron chi connectivity index (χ0n) is 6.21. The summed E-state index contributed by atoms with van der Waals surface area (Å²) in [4.78, 5) is 13.4. The Morgan fingerprint density at radius 2 is 2.36 bits per heavy atom. The van der Waals surface area contributed by atoms with Gasteiger partial charge in [0.25, 0.3) is 0 Å². The molecular weight excluding hydrogens is 212 g/mol. The van der Waals surface area contributed by atoms with Crippen LogP contribution in [0, 0.1) is 0 Å². The van der Waals surface area contributed by atoms with Crippen LogP contribution in [0.5, 0.6) is 0 Å². The van der Waals surface area contributed by atoms with E-state index in [0.29, 0.717) is 6.61 Å². The lowest BCUT2D eigenvalue weighted by Crippen LogP contribution is -2.15. The molecule has 0 bridgehead atoms. The summed E-state index contributed by atoms with van der Waals surface area (Å²) in [5.41, 5.74) is 8.11. The molecule has 0 fully saturated rings. The van der Waals surface area contributed by atoms with E-state index in [1.54, 1.807) is 0 Å². The summed E-state index contributed by atoms with van der Waals surface area (Å²) in [6.45, 7) is 1.73. The Bertz CT molecular complexity index is 187. The quantitative estimate of drug-likeness (QED) is 0.177. The van der Waals surface area contributed by atoms with E-state index < -0.39 is 5.97 Å². The summed E-state index contributed by atoms with van der Waals surface area (Å²) >= 11 is 3.18. The topological polar surface area (TPSA) is 62.7 Å². The third-order valence-corrected chi connectivity index (χ3v) is 1.52. The first-order valence-corrected chi connectivity index (χ1v) is 4.26. The molecule has 62 valence electrons. The number of carbonyl (C=O) groups is 1. The first-order chi connectivity index (χ1) is 5.22. The summed E-state index contributed by atoms with van der Waals surface area (Å²) in [5.74, 6) is -0.576. The fourth-order valence-corrected chi connectivity index (χ4v) is 0.594. The van der Waals surface area contributed by atoms with Crippen LogP contribution in [0.2, 0.25) is 0 Å². The molecule has 0 N–H and O–H groups in total. The third-order valence-electron chi connectivity index (χ3n) is 0.957. The second-order valence-electron chi connectivity index (χ2n) is 1.86. The predicted molar refractivity (Wildman–Crippen MR) is 43.7 cm³/mol. The van der Waals surface area contributed by atoms with Crippen LogP contribution in [0.15, 0.2) is 0 Å². The van der Waals surface area contributed by atoms with Crippen molar-refractivity contribution in [1.29, 1.82) is 0 Å². The fourth-order valence-electron chi connectivity index (χ4n) is 0.365. The van der Waals surface area contributed by atoms with Crippen LogP contribution in [-0.2, 0) is 9.53 Å². The maximum absolute atomic E-state index is 10.7. The number of hydrogen-bond donors (Lipinski definition) is 0. The molecule has 4 nitrogen and oxygen atoms in total. The number of rotatable bonds is 4. The minimum absolute atomic E-state index is 0.0282.